The van der Waals surface area contributed by atoms with Crippen molar-refractivity contribution in [3.63, 3.8) is 0 Å². The molecule has 0 radical (unpaired) electrons. The van der Waals surface area contributed by atoms with Crippen LogP contribution < -0.4 is 45.7 Å². The predicted molar refractivity (Wildman–Crippen MR) is 404 cm³/mol. The fraction of sp³-hybridized carbons (Fsp3) is 0.392. The Morgan fingerprint density at radius 1 is 0.617 bits per heavy atom. The number of hydrogen-bond acceptors (Lipinski definition) is 23. The van der Waals surface area contributed by atoms with Gasteiger partial charge in [-0.3, -0.25) is 24.0 Å². The maximum Gasteiger partial charge on any atom is 0.340 e. The lowest BCUT2D eigenvalue weighted by Gasteiger charge is -2.37. The van der Waals surface area contributed by atoms with Crippen molar-refractivity contribution < 1.29 is 67.0 Å². The van der Waals surface area contributed by atoms with Crippen molar-refractivity contribution in [2.75, 3.05) is 77.4 Å². The number of nitrogens with one attached hydrogen (secondary N) is 3. The summed E-state index contributed by atoms with van der Waals surface area (Å²) in [7, 11) is 7.78. The molecule has 5 aromatic carbocycles. The molecule has 4 aliphatic heterocycles. The second-order valence-electron chi connectivity index (χ2n) is 28.4. The molecule has 26 nitrogen and oxygen atoms in total. The summed E-state index contributed by atoms with van der Waals surface area (Å²) >= 11 is 3.04. The largest absolute Gasteiger partial charge is 0.492 e. The van der Waals surface area contributed by atoms with Gasteiger partial charge in [-0.2, -0.15) is 0 Å². The number of amides is 5. The molecule has 2 saturated heterocycles. The van der Waals surface area contributed by atoms with Gasteiger partial charge < -0.3 is 79.5 Å². The van der Waals surface area contributed by atoms with Crippen molar-refractivity contribution in [2.24, 2.45) is 17.6 Å². The zero-order valence-electron chi connectivity index (χ0n) is 61.9. The monoisotopic (exact) mass is 1490 g/mol. The Morgan fingerprint density at radius 2 is 1.08 bits per heavy atom. The van der Waals surface area contributed by atoms with Crippen LogP contribution in [0.15, 0.2) is 123 Å². The highest BCUT2D eigenvalue weighted by Gasteiger charge is 2.54. The molecule has 4 aliphatic rings. The van der Waals surface area contributed by atoms with E-state index < -0.39 is 59.5 Å². The van der Waals surface area contributed by atoms with Crippen molar-refractivity contribution in [2.45, 2.75) is 123 Å². The number of fused-ring (bicyclic) bond motifs is 6. The van der Waals surface area contributed by atoms with Crippen molar-refractivity contribution in [1.29, 1.82) is 0 Å². The predicted octanol–water partition coefficient (Wildman–Crippen LogP) is 9.71. The van der Waals surface area contributed by atoms with Gasteiger partial charge in [0.1, 0.15) is 71.7 Å². The molecule has 7 N–H and O–H groups in total. The van der Waals surface area contributed by atoms with Gasteiger partial charge in [-0.15, -0.1) is 22.7 Å². The summed E-state index contributed by atoms with van der Waals surface area (Å²) < 4.78 is 36.0. The molecule has 4 aromatic heterocycles. The first-order valence-electron chi connectivity index (χ1n) is 35.6. The minimum atomic E-state index is -1.30. The number of ether oxygens (including phenoxy) is 4. The quantitative estimate of drug-likeness (QED) is 0.0242. The number of aliphatic hydroxyl groups excluding tert-OH is 2. The van der Waals surface area contributed by atoms with Crippen LogP contribution in [0.1, 0.15) is 135 Å². The van der Waals surface area contributed by atoms with E-state index in [2.05, 4.69) is 36.2 Å². The SMILES string of the molecule is Cc1cc([C@H](C(=O)N2C[C@H](O)C[C@H]2C(=O)NCc2ccc(-c3scnc3C)cc2OCCN)C(C)C)on1.Cc1cc([C@H](C(=O)N2C[C@H](O)C[C@H]2C(=O)NCc2ccc(-c3scnc3C)cc2OCCNC(=O)c2ccc3c(c2)C(=O)OC32c3ccc(N(C)C)cc3Oc3cc(N(C)C)ccc32)C(C)C)on1. The number of benzene rings is 5. The van der Waals surface area contributed by atoms with E-state index in [1.165, 1.54) is 21.1 Å². The normalized spacial score (nSPS) is 17.3. The molecule has 8 heterocycles. The van der Waals surface area contributed by atoms with Crippen LogP contribution in [0.25, 0.3) is 20.9 Å². The standard InChI is InChI=1S/C52H55N7O9S.C27H35N5O5S/c1-28(2)46(45-19-29(3)56-68-45)50(63)59-26-36(60)24-41(59)49(62)54-25-33-10-9-31(47-30(4)55-27-69-47)21-42(33)65-18-17-53-48(61)32-11-14-38-37(20-32)51(64)67-52(38)39-15-12-34(57(5)6)22-43(39)66-44-23-35(58(7)8)13-16-40(44)52;1-15(2)24(23-9-16(3)31-37-23)27(35)32-13-20(33)11-21(32)26(34)29-12-19-6-5-18(10-22(19)36-8-7-28)25-17(4)30-14-38-25/h9-16,19-23,27-28,36,41,46,60H,17-18,24-26H2,1-8H3,(H,53,61)(H,54,62);5-6,9-10,14-15,20-21,24,33H,7-8,11-13,28H2,1-4H3,(H,29,34)/t36-,41+,46-;20-,21+,24-/m11/s1. The Kier molecular flexibility index (Phi) is 23.0. The Morgan fingerprint density at radius 3 is 1.50 bits per heavy atom. The number of hydrogen-bond donors (Lipinski definition) is 6. The van der Waals surface area contributed by atoms with Crippen molar-refractivity contribution in [1.82, 2.24) is 46.0 Å². The van der Waals surface area contributed by atoms with Gasteiger partial charge in [0.15, 0.2) is 5.60 Å². The molecule has 0 saturated carbocycles. The summed E-state index contributed by atoms with van der Waals surface area (Å²) in [6.07, 6.45) is -1.41. The molecule has 28 heteroatoms. The number of rotatable bonds is 24. The van der Waals surface area contributed by atoms with E-state index in [0.717, 1.165) is 49.2 Å². The molecular formula is C79H90N12O14S2. The van der Waals surface area contributed by atoms with Gasteiger partial charge in [-0.1, -0.05) is 68.3 Å². The first-order valence-corrected chi connectivity index (χ1v) is 37.4. The second-order valence-corrected chi connectivity index (χ2v) is 30.1. The van der Waals surface area contributed by atoms with E-state index >= 15 is 0 Å². The maximum absolute atomic E-state index is 14.0. The number of aliphatic hydroxyl groups is 2. The number of carbonyl (C=O) groups is 6. The highest BCUT2D eigenvalue weighted by atomic mass is 32.1. The zero-order valence-corrected chi connectivity index (χ0v) is 63.6. The molecule has 0 aliphatic carbocycles. The summed E-state index contributed by atoms with van der Waals surface area (Å²) in [5.74, 6) is -0.703. The highest BCUT2D eigenvalue weighted by Crippen LogP contribution is 2.57. The lowest BCUT2D eigenvalue weighted by atomic mass is 9.77. The number of nitrogens with two attached hydrogens (primary N) is 1. The van der Waals surface area contributed by atoms with Gasteiger partial charge >= 0.3 is 5.97 Å². The number of aromatic nitrogens is 4. The van der Waals surface area contributed by atoms with E-state index in [9.17, 15) is 39.0 Å². The minimum Gasteiger partial charge on any atom is -0.492 e. The number of anilines is 2. The van der Waals surface area contributed by atoms with Crippen LogP contribution >= 0.6 is 22.7 Å². The average molecular weight is 1500 g/mol. The fourth-order valence-electron chi connectivity index (χ4n) is 14.2. The Hall–Kier alpha value is -10.5. The molecule has 107 heavy (non-hydrogen) atoms. The Balaban J connectivity index is 0.000000238. The second kappa shape index (κ2) is 32.3. The molecule has 5 amide bonds. The number of β-amino-alcohol motifs (C(OH)–C–C–N with tert-alkyl or cyclic N) is 2. The van der Waals surface area contributed by atoms with Gasteiger partial charge in [-0.25, -0.2) is 14.8 Å². The van der Waals surface area contributed by atoms with Crippen LogP contribution in [0.5, 0.6) is 23.0 Å². The maximum atomic E-state index is 14.0. The van der Waals surface area contributed by atoms with E-state index in [1.54, 1.807) is 66.5 Å². The number of esters is 1. The lowest BCUT2D eigenvalue weighted by Crippen LogP contribution is -2.48. The highest BCUT2D eigenvalue weighted by molar-refractivity contribution is 7.13. The zero-order chi connectivity index (χ0) is 76.3. The number of nitrogens with zero attached hydrogens (tertiary/aromatic N) is 8. The van der Waals surface area contributed by atoms with Gasteiger partial charge in [0.25, 0.3) is 5.91 Å². The Labute approximate surface area is 628 Å². The molecule has 0 bridgehead atoms. The molecule has 9 aromatic rings. The third-order valence-corrected chi connectivity index (χ3v) is 21.6. The third-order valence-electron chi connectivity index (χ3n) is 19.6. The van der Waals surface area contributed by atoms with Crippen LogP contribution in [0.2, 0.25) is 0 Å². The number of thiazole rings is 2. The summed E-state index contributed by atoms with van der Waals surface area (Å²) in [6.45, 7) is 16.3. The van der Waals surface area contributed by atoms with Crippen molar-refractivity contribution >= 4 is 69.6 Å². The van der Waals surface area contributed by atoms with Crippen molar-refractivity contribution in [3.8, 4) is 43.9 Å². The van der Waals surface area contributed by atoms with Crippen molar-refractivity contribution in [3.05, 3.63) is 187 Å². The minimum absolute atomic E-state index is 0.0149. The smallest absolute Gasteiger partial charge is 0.340 e. The topological polar surface area (TPSA) is 333 Å². The van der Waals surface area contributed by atoms with E-state index in [1.807, 2.05) is 152 Å². The number of carbonyl (C=O) groups excluding carboxylic acids is 6. The molecule has 1 spiro atoms. The molecule has 0 unspecified atom stereocenters. The van der Waals surface area contributed by atoms with E-state index in [-0.39, 0.29) is 92.9 Å². The Bertz CT molecular complexity index is 4730. The molecule has 562 valence electrons. The van der Waals surface area contributed by atoms with E-state index in [4.69, 9.17) is 33.7 Å². The van der Waals surface area contributed by atoms with Gasteiger partial charge in [-0.05, 0) is 99.2 Å². The third kappa shape index (κ3) is 16.0. The first-order chi connectivity index (χ1) is 51.2. The number of likely N-dealkylation sites (tertiary alicyclic amines) is 2. The molecule has 2 fully saturated rings. The molecular weight excluding hydrogens is 1410 g/mol. The summed E-state index contributed by atoms with van der Waals surface area (Å²) in [5.41, 5.74) is 18.7. The lowest BCUT2D eigenvalue weighted by molar-refractivity contribution is -0.141. The number of aryl methyl sites for hydroxylation is 4. The molecule has 13 rings (SSSR count). The molecule has 6 atom stereocenters. The van der Waals surface area contributed by atoms with Crippen LogP contribution in [-0.4, -0.2) is 168 Å². The van der Waals surface area contributed by atoms with Gasteiger partial charge in [0.05, 0.1) is 67.9 Å². The van der Waals surface area contributed by atoms with Gasteiger partial charge in [0, 0.05) is 143 Å². The van der Waals surface area contributed by atoms with Crippen LogP contribution in [0.4, 0.5) is 11.4 Å². The van der Waals surface area contributed by atoms with Crippen LogP contribution in [0.3, 0.4) is 0 Å². The van der Waals surface area contributed by atoms with Gasteiger partial charge in [0.2, 0.25) is 23.6 Å². The summed E-state index contributed by atoms with van der Waals surface area (Å²) in [6, 6.07) is 29.9. The first kappa shape index (κ1) is 76.1. The summed E-state index contributed by atoms with van der Waals surface area (Å²) in [4.78, 5) is 100.0. The summed E-state index contributed by atoms with van der Waals surface area (Å²) in [5, 5.41) is 37.8. The fourth-order valence-corrected chi connectivity index (χ4v) is 15.8. The van der Waals surface area contributed by atoms with E-state index in [0.29, 0.717) is 81.3 Å². The van der Waals surface area contributed by atoms with Crippen LogP contribution in [0, 0.1) is 39.5 Å². The van der Waals surface area contributed by atoms with Crippen LogP contribution in [-0.2, 0) is 42.6 Å². The average Bonchev–Trinajstić information content (AvgIpc) is 1.60.